The van der Waals surface area contributed by atoms with Crippen molar-refractivity contribution in [2.45, 2.75) is 31.7 Å². The molecule has 2 aliphatic rings. The highest BCUT2D eigenvalue weighted by Gasteiger charge is 2.49. The van der Waals surface area contributed by atoms with E-state index in [1.807, 2.05) is 0 Å². The molecule has 0 aliphatic carbocycles. The second kappa shape index (κ2) is 8.93. The summed E-state index contributed by atoms with van der Waals surface area (Å²) in [5.74, 6) is -1.95. The van der Waals surface area contributed by atoms with Crippen LogP contribution in [0, 0.1) is 0 Å². The van der Waals surface area contributed by atoms with Gasteiger partial charge in [-0.2, -0.15) is 0 Å². The predicted octanol–water partition coefficient (Wildman–Crippen LogP) is 3.12. The lowest BCUT2D eigenvalue weighted by Crippen LogP contribution is -2.42. The van der Waals surface area contributed by atoms with E-state index in [1.165, 1.54) is 19.1 Å². The van der Waals surface area contributed by atoms with Gasteiger partial charge in [0.1, 0.15) is 17.8 Å². The minimum atomic E-state index is -4.87. The molecule has 2 aromatic rings. The molecule has 1 atom stereocenters. The van der Waals surface area contributed by atoms with Gasteiger partial charge >= 0.3 is 12.4 Å². The molecular weight excluding hydrogens is 469 g/mol. The zero-order valence-electron chi connectivity index (χ0n) is 18.5. The van der Waals surface area contributed by atoms with Gasteiger partial charge < -0.3 is 20.3 Å². The van der Waals surface area contributed by atoms with Crippen molar-refractivity contribution < 1.29 is 37.1 Å². The number of amides is 5. The van der Waals surface area contributed by atoms with Crippen LogP contribution >= 0.6 is 0 Å². The molecule has 0 saturated carbocycles. The van der Waals surface area contributed by atoms with Gasteiger partial charge in [-0.15, -0.1) is 13.2 Å². The maximum atomic E-state index is 13.1. The Balaban J connectivity index is 1.47. The number of rotatable bonds is 6. The van der Waals surface area contributed by atoms with Gasteiger partial charge in [-0.3, -0.25) is 19.3 Å². The highest BCUT2D eigenvalue weighted by atomic mass is 19.4. The number of imide groups is 1. The molecule has 0 aromatic heterocycles. The molecule has 2 saturated heterocycles. The summed E-state index contributed by atoms with van der Waals surface area (Å²) in [7, 11) is 0. The van der Waals surface area contributed by atoms with Gasteiger partial charge in [0.15, 0.2) is 0 Å². The molecule has 4 rings (SSSR count). The van der Waals surface area contributed by atoms with Crippen LogP contribution in [0.2, 0.25) is 0 Å². The van der Waals surface area contributed by atoms with Crippen LogP contribution in [0.5, 0.6) is 5.75 Å². The smallest absolute Gasteiger partial charge is 0.406 e. The minimum absolute atomic E-state index is 0.0665. The van der Waals surface area contributed by atoms with Gasteiger partial charge in [0.05, 0.1) is 11.4 Å². The van der Waals surface area contributed by atoms with Crippen LogP contribution in [0.4, 0.5) is 29.3 Å². The number of para-hydroxylation sites is 2. The van der Waals surface area contributed by atoms with Crippen LogP contribution in [0.25, 0.3) is 0 Å². The molecule has 2 heterocycles. The molecule has 2 aromatic carbocycles. The van der Waals surface area contributed by atoms with Gasteiger partial charge in [-0.25, -0.2) is 4.79 Å². The number of hydrogen-bond donors (Lipinski definition) is 2. The van der Waals surface area contributed by atoms with Crippen LogP contribution in [0.1, 0.15) is 25.3 Å². The van der Waals surface area contributed by atoms with E-state index in [-0.39, 0.29) is 11.5 Å². The van der Waals surface area contributed by atoms with E-state index in [0.29, 0.717) is 30.8 Å². The zero-order chi connectivity index (χ0) is 25.4. The van der Waals surface area contributed by atoms with Crippen molar-refractivity contribution in [2.24, 2.45) is 0 Å². The van der Waals surface area contributed by atoms with Crippen molar-refractivity contribution in [1.29, 1.82) is 0 Å². The molecule has 9 nitrogen and oxygen atoms in total. The van der Waals surface area contributed by atoms with Crippen LogP contribution in [0.15, 0.2) is 48.5 Å². The van der Waals surface area contributed by atoms with E-state index >= 15 is 0 Å². The number of anilines is 2. The molecular formula is C23H21F3N4O5. The van der Waals surface area contributed by atoms with Gasteiger partial charge in [0, 0.05) is 13.0 Å². The second-order valence-electron chi connectivity index (χ2n) is 8.23. The summed E-state index contributed by atoms with van der Waals surface area (Å²) in [5, 5.41) is 5.13. The maximum absolute atomic E-state index is 13.1. The molecule has 2 N–H and O–H groups in total. The Hall–Kier alpha value is -4.09. The molecule has 0 spiro atoms. The Morgan fingerprint density at radius 2 is 1.80 bits per heavy atom. The Bertz CT molecular complexity index is 1180. The van der Waals surface area contributed by atoms with Crippen LogP contribution in [-0.2, 0) is 19.9 Å². The van der Waals surface area contributed by atoms with E-state index in [0.717, 1.165) is 17.0 Å². The maximum Gasteiger partial charge on any atom is 0.573 e. The molecule has 5 amide bonds. The normalized spacial score (nSPS) is 20.3. The third-order valence-electron chi connectivity index (χ3n) is 5.78. The Kier molecular flexibility index (Phi) is 6.14. The highest BCUT2D eigenvalue weighted by Crippen LogP contribution is 2.32. The van der Waals surface area contributed by atoms with Crippen molar-refractivity contribution in [3.8, 4) is 5.75 Å². The number of nitrogens with zero attached hydrogens (tertiary/aromatic N) is 2. The number of hydrogen-bond acceptors (Lipinski definition) is 5. The number of carbonyl (C=O) groups is 4. The van der Waals surface area contributed by atoms with Crippen molar-refractivity contribution in [1.82, 2.24) is 10.2 Å². The van der Waals surface area contributed by atoms with E-state index in [9.17, 15) is 32.3 Å². The molecule has 35 heavy (non-hydrogen) atoms. The summed E-state index contributed by atoms with van der Waals surface area (Å²) in [5.41, 5.74) is -0.492. The first-order chi connectivity index (χ1) is 16.5. The molecule has 0 radical (unpaired) electrons. The van der Waals surface area contributed by atoms with Gasteiger partial charge in [0.25, 0.3) is 5.91 Å². The number of urea groups is 1. The third-order valence-corrected chi connectivity index (χ3v) is 5.78. The van der Waals surface area contributed by atoms with E-state index in [1.54, 1.807) is 29.2 Å². The monoisotopic (exact) mass is 490 g/mol. The summed E-state index contributed by atoms with van der Waals surface area (Å²) in [4.78, 5) is 52.7. The highest BCUT2D eigenvalue weighted by molar-refractivity contribution is 6.11. The van der Waals surface area contributed by atoms with E-state index in [4.69, 9.17) is 0 Å². The molecule has 1 unspecified atom stereocenters. The summed E-state index contributed by atoms with van der Waals surface area (Å²) in [6.45, 7) is 1.31. The average molecular weight is 490 g/mol. The number of carbonyl (C=O) groups excluding carboxylic acids is 4. The quantitative estimate of drug-likeness (QED) is 0.605. The first-order valence-electron chi connectivity index (χ1n) is 10.7. The predicted molar refractivity (Wildman–Crippen MR) is 117 cm³/mol. The number of benzene rings is 2. The Labute approximate surface area is 197 Å². The van der Waals surface area contributed by atoms with Gasteiger partial charge in [0.2, 0.25) is 11.8 Å². The van der Waals surface area contributed by atoms with E-state index in [2.05, 4.69) is 15.4 Å². The molecule has 2 fully saturated rings. The van der Waals surface area contributed by atoms with Crippen molar-refractivity contribution in [3.63, 3.8) is 0 Å². The lowest BCUT2D eigenvalue weighted by molar-refractivity contribution is -0.274. The third kappa shape index (κ3) is 4.91. The van der Waals surface area contributed by atoms with Crippen molar-refractivity contribution in [3.05, 3.63) is 54.1 Å². The number of ether oxygens (including phenoxy) is 1. The topological polar surface area (TPSA) is 108 Å². The average Bonchev–Trinajstić information content (AvgIpc) is 3.30. The minimum Gasteiger partial charge on any atom is -0.406 e. The first kappa shape index (κ1) is 24.0. The van der Waals surface area contributed by atoms with Crippen LogP contribution in [0.3, 0.4) is 0 Å². The van der Waals surface area contributed by atoms with Gasteiger partial charge in [-0.05, 0) is 43.2 Å². The molecule has 184 valence electrons. The molecule has 12 heteroatoms. The molecule has 2 aliphatic heterocycles. The fraction of sp³-hybridized carbons (Fsp3) is 0.304. The second-order valence-corrected chi connectivity index (χ2v) is 8.23. The lowest BCUT2D eigenvalue weighted by Gasteiger charge is -2.23. The summed E-state index contributed by atoms with van der Waals surface area (Å²) in [6, 6.07) is 10.4. The zero-order valence-corrected chi connectivity index (χ0v) is 18.5. The van der Waals surface area contributed by atoms with E-state index < -0.39 is 42.0 Å². The number of nitrogens with one attached hydrogen (secondary N) is 2. The largest absolute Gasteiger partial charge is 0.573 e. The lowest BCUT2D eigenvalue weighted by atomic mass is 9.92. The van der Waals surface area contributed by atoms with Crippen molar-refractivity contribution >= 4 is 35.1 Å². The van der Waals surface area contributed by atoms with Crippen LogP contribution in [-0.4, -0.2) is 48.1 Å². The standard InChI is InChI=1S/C23H21F3N4O5/c1-22(14-8-10-15(11-9-14)35-23(24,25)26)20(33)30(21(34)28-22)13-18(31)27-16-5-2-3-6-17(16)29-12-4-7-19(29)32/h2-3,5-6,8-11H,4,7,12-13H2,1H3,(H,27,31)(H,28,34). The summed E-state index contributed by atoms with van der Waals surface area (Å²) in [6.07, 6.45) is -3.76. The summed E-state index contributed by atoms with van der Waals surface area (Å²) >= 11 is 0. The number of alkyl halides is 3. The van der Waals surface area contributed by atoms with Crippen molar-refractivity contribution in [2.75, 3.05) is 23.3 Å². The van der Waals surface area contributed by atoms with Gasteiger partial charge in [-0.1, -0.05) is 24.3 Å². The summed E-state index contributed by atoms with van der Waals surface area (Å²) < 4.78 is 41.0. The molecule has 0 bridgehead atoms. The fourth-order valence-corrected chi connectivity index (χ4v) is 4.08. The SMILES string of the molecule is CC1(c2ccc(OC(F)(F)F)cc2)NC(=O)N(CC(=O)Nc2ccccc2N2CCCC2=O)C1=O. The fourth-order valence-electron chi connectivity index (χ4n) is 4.08. The van der Waals surface area contributed by atoms with Crippen LogP contribution < -0.4 is 20.3 Å². The first-order valence-corrected chi connectivity index (χ1v) is 10.7. The Morgan fingerprint density at radius 1 is 1.11 bits per heavy atom. The Morgan fingerprint density at radius 3 is 2.43 bits per heavy atom. The number of halogens is 3.